The van der Waals surface area contributed by atoms with Gasteiger partial charge in [0.25, 0.3) is 10.0 Å². The van der Waals surface area contributed by atoms with Gasteiger partial charge in [-0.25, -0.2) is 13.2 Å². The van der Waals surface area contributed by atoms with Crippen molar-refractivity contribution in [3.63, 3.8) is 0 Å². The molecule has 1 aromatic carbocycles. The molecule has 0 N–H and O–H groups in total. The van der Waals surface area contributed by atoms with Gasteiger partial charge in [0.05, 0.1) is 16.4 Å². The van der Waals surface area contributed by atoms with Gasteiger partial charge in [-0.15, -0.1) is 0 Å². The monoisotopic (exact) mass is 480 g/mol. The third kappa shape index (κ3) is 3.42. The van der Waals surface area contributed by atoms with Crippen LogP contribution >= 0.6 is 23.1 Å². The zero-order valence-electron chi connectivity index (χ0n) is 16.8. The van der Waals surface area contributed by atoms with Crippen LogP contribution in [-0.2, 0) is 21.4 Å². The molecule has 0 radical (unpaired) electrons. The number of anilines is 1. The summed E-state index contributed by atoms with van der Waals surface area (Å²) in [7, 11) is -1.91. The van der Waals surface area contributed by atoms with Gasteiger partial charge < -0.3 is 9.64 Å². The molecule has 1 aromatic heterocycles. The lowest BCUT2D eigenvalue weighted by molar-refractivity contribution is 0.136. The number of aromatic nitrogens is 1. The third-order valence-electron chi connectivity index (χ3n) is 5.99. The number of benzene rings is 1. The zero-order valence-corrected chi connectivity index (χ0v) is 19.2. The average Bonchev–Trinajstić information content (AvgIpc) is 3.22. The molecule has 1 amide bonds. The molecule has 0 bridgehead atoms. The summed E-state index contributed by atoms with van der Waals surface area (Å²) in [6.45, 7) is 1.31. The van der Waals surface area contributed by atoms with Gasteiger partial charge in [-0.1, -0.05) is 17.7 Å². The molecule has 0 saturated carbocycles. The van der Waals surface area contributed by atoms with Gasteiger partial charge in [0.15, 0.2) is 5.03 Å². The number of amides is 1. The highest BCUT2D eigenvalue weighted by Crippen LogP contribution is 2.36. The van der Waals surface area contributed by atoms with E-state index < -0.39 is 16.1 Å². The second kappa shape index (κ2) is 7.77. The number of halogens is 1. The highest BCUT2D eigenvalue weighted by molar-refractivity contribution is 7.97. The van der Waals surface area contributed by atoms with Crippen molar-refractivity contribution in [1.82, 2.24) is 13.6 Å². The van der Waals surface area contributed by atoms with E-state index in [1.54, 1.807) is 29.1 Å². The lowest BCUT2D eigenvalue weighted by atomic mass is 10.0. The van der Waals surface area contributed by atoms with Gasteiger partial charge in [0, 0.05) is 48.5 Å². The minimum Gasteiger partial charge on any atom is -0.444 e. The number of nitrogens with zero attached hydrogens (tertiary/aromatic N) is 4. The molecule has 0 spiro atoms. The molecule has 1 saturated heterocycles. The van der Waals surface area contributed by atoms with E-state index >= 15 is 0 Å². The first-order valence-corrected chi connectivity index (χ1v) is 12.6. The zero-order chi connectivity index (χ0) is 21.8. The van der Waals surface area contributed by atoms with Crippen molar-refractivity contribution in [2.24, 2.45) is 0 Å². The largest absolute Gasteiger partial charge is 0.444 e. The fraction of sp³-hybridized carbons (Fsp3) is 0.400. The quantitative estimate of drug-likeness (QED) is 0.662. The van der Waals surface area contributed by atoms with E-state index in [4.69, 9.17) is 16.3 Å². The van der Waals surface area contributed by atoms with Gasteiger partial charge in [-0.05, 0) is 42.6 Å². The van der Waals surface area contributed by atoms with Gasteiger partial charge in [0.2, 0.25) is 0 Å². The molecule has 1 fully saturated rings. The lowest BCUT2D eigenvalue weighted by Gasteiger charge is -2.40. The normalized spacial score (nSPS) is 20.2. The number of hydrogen-bond donors (Lipinski definition) is 0. The first-order valence-electron chi connectivity index (χ1n) is 9.98. The topological polar surface area (TPSA) is 83.1 Å². The molecule has 2 aromatic rings. The SMILES string of the molecule is CN1CC=c2sncc2=C1S(=O)(=O)N1CCC(N2C(=O)OCc3c(Cl)cccc32)CC1. The molecule has 8 nitrogen and oxygen atoms in total. The second-order valence-electron chi connectivity index (χ2n) is 7.79. The number of ether oxygens (including phenoxy) is 1. The molecule has 164 valence electrons. The van der Waals surface area contributed by atoms with Crippen molar-refractivity contribution in [3.8, 4) is 0 Å². The summed E-state index contributed by atoms with van der Waals surface area (Å²) in [6, 6.07) is 5.29. The summed E-state index contributed by atoms with van der Waals surface area (Å²) in [4.78, 5) is 15.9. The summed E-state index contributed by atoms with van der Waals surface area (Å²) in [5.41, 5.74) is 1.53. The van der Waals surface area contributed by atoms with Crippen LogP contribution in [0.4, 0.5) is 10.5 Å². The van der Waals surface area contributed by atoms with Crippen molar-refractivity contribution < 1.29 is 17.9 Å². The summed E-state index contributed by atoms with van der Waals surface area (Å²) in [5.74, 6) is 0. The summed E-state index contributed by atoms with van der Waals surface area (Å²) in [5, 5.41) is 1.51. The van der Waals surface area contributed by atoms with E-state index in [0.717, 1.165) is 15.8 Å². The maximum atomic E-state index is 13.5. The molecule has 0 atom stereocenters. The fourth-order valence-corrected chi connectivity index (χ4v) is 7.23. The van der Waals surface area contributed by atoms with E-state index in [1.165, 1.54) is 15.8 Å². The van der Waals surface area contributed by atoms with Gasteiger partial charge in [-0.3, -0.25) is 4.90 Å². The van der Waals surface area contributed by atoms with Crippen LogP contribution in [0.5, 0.6) is 0 Å². The molecule has 5 rings (SSSR count). The number of fused-ring (bicyclic) bond motifs is 2. The van der Waals surface area contributed by atoms with Crippen molar-refractivity contribution in [3.05, 3.63) is 44.7 Å². The van der Waals surface area contributed by atoms with Crippen LogP contribution in [0.15, 0.2) is 24.4 Å². The second-order valence-corrected chi connectivity index (χ2v) is 10.9. The van der Waals surface area contributed by atoms with Gasteiger partial charge in [0.1, 0.15) is 6.61 Å². The van der Waals surface area contributed by atoms with Crippen LogP contribution in [0.25, 0.3) is 11.1 Å². The molecule has 31 heavy (non-hydrogen) atoms. The predicted octanol–water partition coefficient (Wildman–Crippen LogP) is 1.54. The Labute approximate surface area is 189 Å². The number of sulfonamides is 1. The number of cyclic esters (lactones) is 1. The Balaban J connectivity index is 1.41. The van der Waals surface area contributed by atoms with E-state index in [9.17, 15) is 13.2 Å². The molecule has 11 heteroatoms. The molecule has 4 heterocycles. The fourth-order valence-electron chi connectivity index (χ4n) is 4.43. The number of carbonyl (C=O) groups excluding carboxylic acids is 1. The van der Waals surface area contributed by atoms with Crippen LogP contribution in [-0.4, -0.2) is 60.8 Å². The molecular weight excluding hydrogens is 460 g/mol. The molecule has 3 aliphatic heterocycles. The van der Waals surface area contributed by atoms with Crippen molar-refractivity contribution in [1.29, 1.82) is 0 Å². The van der Waals surface area contributed by atoms with E-state index in [1.807, 2.05) is 18.2 Å². The van der Waals surface area contributed by atoms with Crippen molar-refractivity contribution in [2.45, 2.75) is 25.5 Å². The Morgan fingerprint density at radius 1 is 1.26 bits per heavy atom. The smallest absolute Gasteiger partial charge is 0.414 e. The van der Waals surface area contributed by atoms with Crippen LogP contribution < -0.4 is 14.7 Å². The van der Waals surface area contributed by atoms with Crippen molar-refractivity contribution >= 4 is 56.0 Å². The molecule has 3 aliphatic rings. The minimum atomic E-state index is -3.69. The Morgan fingerprint density at radius 3 is 2.81 bits per heavy atom. The standard InChI is InChI=1S/C20H21ClN4O4S2/c1-23-8-7-18-14(11-22-30-18)19(23)31(27,28)24-9-5-13(6-10-24)25-17-4-2-3-16(21)15(17)12-29-20(25)26/h2-4,7,11,13H,5-6,8-10,12H2,1H3. The van der Waals surface area contributed by atoms with Crippen LogP contribution in [0.1, 0.15) is 18.4 Å². The Hall–Kier alpha value is -2.14. The van der Waals surface area contributed by atoms with Gasteiger partial charge in [-0.2, -0.15) is 8.68 Å². The Kier molecular flexibility index (Phi) is 5.20. The number of carbonyl (C=O) groups is 1. The summed E-state index contributed by atoms with van der Waals surface area (Å²) in [6.07, 6.45) is 4.22. The predicted molar refractivity (Wildman–Crippen MR) is 119 cm³/mol. The summed E-state index contributed by atoms with van der Waals surface area (Å²) >= 11 is 7.59. The van der Waals surface area contributed by atoms with Crippen LogP contribution in [0.3, 0.4) is 0 Å². The lowest BCUT2D eigenvalue weighted by Crippen LogP contribution is -2.52. The highest BCUT2D eigenvalue weighted by atomic mass is 35.5. The Morgan fingerprint density at radius 2 is 2.03 bits per heavy atom. The third-order valence-corrected chi connectivity index (χ3v) is 9.20. The molecule has 0 aliphatic carbocycles. The van der Waals surface area contributed by atoms with E-state index in [2.05, 4.69) is 4.37 Å². The molecule has 0 unspecified atom stereocenters. The Bertz CT molecular complexity index is 1270. The number of hydrogen-bond acceptors (Lipinski definition) is 7. The number of rotatable bonds is 3. The van der Waals surface area contributed by atoms with Gasteiger partial charge >= 0.3 is 6.09 Å². The minimum absolute atomic E-state index is 0.149. The van der Waals surface area contributed by atoms with Crippen LogP contribution in [0.2, 0.25) is 5.02 Å². The maximum absolute atomic E-state index is 13.5. The molecular formula is C20H21ClN4O4S2. The van der Waals surface area contributed by atoms with E-state index in [0.29, 0.717) is 47.7 Å². The first kappa shape index (κ1) is 20.7. The highest BCUT2D eigenvalue weighted by Gasteiger charge is 2.39. The number of piperidine rings is 1. The summed E-state index contributed by atoms with van der Waals surface area (Å²) < 4.78 is 38.9. The average molecular weight is 481 g/mol. The van der Waals surface area contributed by atoms with Crippen molar-refractivity contribution in [2.75, 3.05) is 31.6 Å². The maximum Gasteiger partial charge on any atom is 0.414 e. The van der Waals surface area contributed by atoms with E-state index in [-0.39, 0.29) is 12.6 Å². The first-order chi connectivity index (χ1) is 14.9. The van der Waals surface area contributed by atoms with Crippen LogP contribution in [0, 0.1) is 0 Å².